The van der Waals surface area contributed by atoms with Gasteiger partial charge in [0.15, 0.2) is 5.82 Å². The molecule has 0 bridgehead atoms. The number of ether oxygens (including phenoxy) is 1. The second kappa shape index (κ2) is 7.46. The highest BCUT2D eigenvalue weighted by Crippen LogP contribution is 2.16. The lowest BCUT2D eigenvalue weighted by molar-refractivity contribution is 0.294. The number of aromatic nitrogens is 2. The molecule has 0 fully saturated rings. The van der Waals surface area contributed by atoms with Crippen molar-refractivity contribution in [3.05, 3.63) is 53.9 Å². The van der Waals surface area contributed by atoms with Gasteiger partial charge < -0.3 is 4.74 Å². The molecule has 2 rings (SSSR count). The summed E-state index contributed by atoms with van der Waals surface area (Å²) in [4.78, 5) is 8.04. The third-order valence-corrected chi connectivity index (χ3v) is 2.56. The highest BCUT2D eigenvalue weighted by Gasteiger charge is 2.03. The normalized spacial score (nSPS) is 9.70. The fourth-order valence-electron chi connectivity index (χ4n) is 1.44. The quantitative estimate of drug-likeness (QED) is 0.641. The summed E-state index contributed by atoms with van der Waals surface area (Å²) in [5.74, 6) is 6.49. The van der Waals surface area contributed by atoms with Crippen molar-refractivity contribution in [2.24, 2.45) is 0 Å². The van der Waals surface area contributed by atoms with E-state index in [9.17, 15) is 4.39 Å². The first kappa shape index (κ1) is 14.3. The number of hydrogen-bond donors (Lipinski definition) is 0. The molecule has 3 nitrogen and oxygen atoms in total. The van der Waals surface area contributed by atoms with E-state index in [0.717, 1.165) is 0 Å². The Balaban J connectivity index is 2.01. The summed E-state index contributed by atoms with van der Waals surface area (Å²) in [6.45, 7) is 0.192. The van der Waals surface area contributed by atoms with Gasteiger partial charge in [-0.1, -0.05) is 11.8 Å². The van der Waals surface area contributed by atoms with Gasteiger partial charge in [0.1, 0.15) is 18.2 Å². The van der Waals surface area contributed by atoms with Crippen molar-refractivity contribution in [3.63, 3.8) is 0 Å². The van der Waals surface area contributed by atoms with E-state index in [-0.39, 0.29) is 6.61 Å². The van der Waals surface area contributed by atoms with Gasteiger partial charge >= 0.3 is 0 Å². The Morgan fingerprint density at radius 1 is 1.25 bits per heavy atom. The van der Waals surface area contributed by atoms with E-state index >= 15 is 0 Å². The molecule has 1 aromatic carbocycles. The molecule has 0 amide bonds. The summed E-state index contributed by atoms with van der Waals surface area (Å²) in [5.41, 5.74) is 0.332. The highest BCUT2D eigenvalue weighted by molar-refractivity contribution is 6.18. The lowest BCUT2D eigenvalue weighted by atomic mass is 10.2. The highest BCUT2D eigenvalue weighted by atomic mass is 35.5. The third kappa shape index (κ3) is 4.22. The van der Waals surface area contributed by atoms with Crippen LogP contribution in [0.15, 0.2) is 36.7 Å². The summed E-state index contributed by atoms with van der Waals surface area (Å²) in [7, 11) is 0. The van der Waals surface area contributed by atoms with Crippen molar-refractivity contribution >= 4 is 11.6 Å². The van der Waals surface area contributed by atoms with Crippen LogP contribution in [0.1, 0.15) is 17.8 Å². The number of benzene rings is 1. The van der Waals surface area contributed by atoms with Crippen LogP contribution >= 0.6 is 11.6 Å². The largest absolute Gasteiger partial charge is 0.486 e. The van der Waals surface area contributed by atoms with Crippen molar-refractivity contribution in [2.45, 2.75) is 13.0 Å². The molecule has 0 radical (unpaired) electrons. The first-order chi connectivity index (χ1) is 9.79. The predicted molar refractivity (Wildman–Crippen MR) is 75.0 cm³/mol. The van der Waals surface area contributed by atoms with Gasteiger partial charge in [0.2, 0.25) is 0 Å². The standard InChI is InChI=1S/C15H12ClFN2O/c16-7-2-1-4-12-5-6-13(10-14(12)17)20-11-15-18-8-3-9-19-15/h3,5-6,8-10H,2,7,11H2. The fraction of sp³-hybridized carbons (Fsp3) is 0.200. The Kier molecular flexibility index (Phi) is 5.33. The van der Waals surface area contributed by atoms with Gasteiger partial charge in [-0.2, -0.15) is 0 Å². The molecule has 5 heteroatoms. The second-order valence-corrected chi connectivity index (χ2v) is 4.21. The van der Waals surface area contributed by atoms with Gasteiger partial charge in [0, 0.05) is 30.8 Å². The first-order valence-corrected chi connectivity index (χ1v) is 6.56. The monoisotopic (exact) mass is 290 g/mol. The van der Waals surface area contributed by atoms with E-state index < -0.39 is 5.82 Å². The lowest BCUT2D eigenvalue weighted by Crippen LogP contribution is -2.00. The molecule has 0 N–H and O–H groups in total. The molecule has 0 spiro atoms. The van der Waals surface area contributed by atoms with Gasteiger partial charge in [-0.25, -0.2) is 14.4 Å². The average molecular weight is 291 g/mol. The maximum atomic E-state index is 13.8. The Labute approximate surface area is 121 Å². The topological polar surface area (TPSA) is 35.0 Å². The Morgan fingerprint density at radius 2 is 2.05 bits per heavy atom. The van der Waals surface area contributed by atoms with Crippen LogP contribution in [-0.4, -0.2) is 15.8 Å². The molecule has 2 aromatic rings. The Hall–Kier alpha value is -2.12. The minimum Gasteiger partial charge on any atom is -0.486 e. The van der Waals surface area contributed by atoms with Gasteiger partial charge in [0.25, 0.3) is 0 Å². The van der Waals surface area contributed by atoms with Crippen molar-refractivity contribution in [1.29, 1.82) is 0 Å². The van der Waals surface area contributed by atoms with Crippen LogP contribution in [0.5, 0.6) is 5.75 Å². The number of hydrogen-bond acceptors (Lipinski definition) is 3. The molecule has 0 aliphatic carbocycles. The maximum Gasteiger partial charge on any atom is 0.166 e. The van der Waals surface area contributed by atoms with Crippen LogP contribution in [-0.2, 0) is 6.61 Å². The zero-order valence-corrected chi connectivity index (χ0v) is 11.4. The zero-order chi connectivity index (χ0) is 14.2. The number of halogens is 2. The number of rotatable bonds is 4. The SMILES string of the molecule is Fc1cc(OCc2ncccn2)ccc1C#CCCCl. The zero-order valence-electron chi connectivity index (χ0n) is 10.6. The van der Waals surface area contributed by atoms with Crippen molar-refractivity contribution in [3.8, 4) is 17.6 Å². The molecular formula is C15H12ClFN2O. The van der Waals surface area contributed by atoms with Gasteiger partial charge in [-0.05, 0) is 18.2 Å². The molecule has 0 unspecified atom stereocenters. The van der Waals surface area contributed by atoms with E-state index in [1.165, 1.54) is 6.07 Å². The Morgan fingerprint density at radius 3 is 2.75 bits per heavy atom. The van der Waals surface area contributed by atoms with Crippen molar-refractivity contribution < 1.29 is 9.13 Å². The molecule has 0 atom stereocenters. The lowest BCUT2D eigenvalue weighted by Gasteiger charge is -2.05. The minimum absolute atomic E-state index is 0.192. The maximum absolute atomic E-state index is 13.8. The van der Waals surface area contributed by atoms with Crippen LogP contribution in [0.2, 0.25) is 0 Å². The van der Waals surface area contributed by atoms with Crippen LogP contribution in [0, 0.1) is 17.7 Å². The number of nitrogens with zero attached hydrogens (tertiary/aromatic N) is 2. The van der Waals surface area contributed by atoms with Crippen LogP contribution in [0.25, 0.3) is 0 Å². The van der Waals surface area contributed by atoms with Crippen LogP contribution in [0.3, 0.4) is 0 Å². The molecule has 1 heterocycles. The second-order valence-electron chi connectivity index (χ2n) is 3.84. The van der Waals surface area contributed by atoms with Crippen molar-refractivity contribution in [2.75, 3.05) is 5.88 Å². The third-order valence-electron chi connectivity index (χ3n) is 2.37. The molecule has 0 aliphatic rings. The molecule has 0 saturated heterocycles. The molecule has 0 saturated carbocycles. The van der Waals surface area contributed by atoms with Crippen LogP contribution < -0.4 is 4.74 Å². The van der Waals surface area contributed by atoms with Crippen LogP contribution in [0.4, 0.5) is 4.39 Å². The summed E-state index contributed by atoms with van der Waals surface area (Å²) >= 11 is 5.50. The molecular weight excluding hydrogens is 279 g/mol. The predicted octanol–water partition coefficient (Wildman–Crippen LogP) is 3.18. The summed E-state index contributed by atoms with van der Waals surface area (Å²) < 4.78 is 19.2. The molecule has 20 heavy (non-hydrogen) atoms. The van der Waals surface area contributed by atoms with Crippen molar-refractivity contribution in [1.82, 2.24) is 9.97 Å². The smallest absolute Gasteiger partial charge is 0.166 e. The van der Waals surface area contributed by atoms with Gasteiger partial charge in [-0.15, -0.1) is 11.6 Å². The van der Waals surface area contributed by atoms with E-state index in [0.29, 0.717) is 29.4 Å². The molecule has 102 valence electrons. The van der Waals surface area contributed by atoms with E-state index in [1.807, 2.05) is 0 Å². The average Bonchev–Trinajstić information content (AvgIpc) is 2.48. The fourth-order valence-corrected chi connectivity index (χ4v) is 1.54. The van der Waals surface area contributed by atoms with E-state index in [2.05, 4.69) is 21.8 Å². The van der Waals surface area contributed by atoms with E-state index in [1.54, 1.807) is 30.6 Å². The molecule has 0 aliphatic heterocycles. The summed E-state index contributed by atoms with van der Waals surface area (Å²) in [6.07, 6.45) is 3.79. The molecule has 1 aromatic heterocycles. The minimum atomic E-state index is -0.418. The Bertz CT molecular complexity index is 623. The van der Waals surface area contributed by atoms with Gasteiger partial charge in [0.05, 0.1) is 5.56 Å². The number of alkyl halides is 1. The first-order valence-electron chi connectivity index (χ1n) is 6.02. The summed E-state index contributed by atoms with van der Waals surface area (Å²) in [5, 5.41) is 0. The van der Waals surface area contributed by atoms with Gasteiger partial charge in [-0.3, -0.25) is 0 Å². The summed E-state index contributed by atoms with van der Waals surface area (Å²) in [6, 6.07) is 6.26. The van der Waals surface area contributed by atoms with E-state index in [4.69, 9.17) is 16.3 Å².